The first-order valence-corrected chi connectivity index (χ1v) is 6.96. The number of carbonyl (C=O) groups is 1. The highest BCUT2D eigenvalue weighted by molar-refractivity contribution is 5.97. The molecule has 0 heterocycles. The molecule has 2 rings (SSSR count). The number of nitrogen functional groups attached to an aromatic ring is 1. The van der Waals surface area contributed by atoms with Crippen LogP contribution in [0.1, 0.15) is 49.4 Å². The van der Waals surface area contributed by atoms with Crippen molar-refractivity contribution in [2.75, 3.05) is 5.73 Å². The van der Waals surface area contributed by atoms with Gasteiger partial charge in [0.1, 0.15) is 0 Å². The summed E-state index contributed by atoms with van der Waals surface area (Å²) in [4.78, 5) is 11.4. The SMILES string of the molecule is CCC1CCC(Oc2c(N)cccc2C(N)=O)CC1. The third-order valence-electron chi connectivity index (χ3n) is 3.97. The van der Waals surface area contributed by atoms with Crippen LogP contribution in [0.2, 0.25) is 0 Å². The van der Waals surface area contributed by atoms with Gasteiger partial charge in [0, 0.05) is 0 Å². The van der Waals surface area contributed by atoms with Crippen molar-refractivity contribution in [3.8, 4) is 5.75 Å². The average molecular weight is 262 g/mol. The average Bonchev–Trinajstić information content (AvgIpc) is 2.41. The van der Waals surface area contributed by atoms with Gasteiger partial charge < -0.3 is 16.2 Å². The fourth-order valence-corrected chi connectivity index (χ4v) is 2.71. The van der Waals surface area contributed by atoms with Gasteiger partial charge in [0.2, 0.25) is 0 Å². The summed E-state index contributed by atoms with van der Waals surface area (Å²) in [6.45, 7) is 2.23. The van der Waals surface area contributed by atoms with Crippen molar-refractivity contribution in [3.05, 3.63) is 23.8 Å². The smallest absolute Gasteiger partial charge is 0.252 e. The van der Waals surface area contributed by atoms with E-state index in [1.807, 2.05) is 0 Å². The van der Waals surface area contributed by atoms with Crippen molar-refractivity contribution in [2.45, 2.75) is 45.1 Å². The Bertz CT molecular complexity index is 451. The fourth-order valence-electron chi connectivity index (χ4n) is 2.71. The molecule has 1 aliphatic carbocycles. The lowest BCUT2D eigenvalue weighted by atomic mass is 9.86. The maximum absolute atomic E-state index is 11.4. The first-order valence-electron chi connectivity index (χ1n) is 6.96. The minimum atomic E-state index is -0.496. The second-order valence-electron chi connectivity index (χ2n) is 5.26. The quantitative estimate of drug-likeness (QED) is 0.819. The van der Waals surface area contributed by atoms with Crippen molar-refractivity contribution in [1.82, 2.24) is 0 Å². The zero-order chi connectivity index (χ0) is 13.8. The van der Waals surface area contributed by atoms with Gasteiger partial charge in [0.15, 0.2) is 5.75 Å². The molecule has 0 aliphatic heterocycles. The molecule has 0 aromatic heterocycles. The van der Waals surface area contributed by atoms with E-state index in [0.29, 0.717) is 17.0 Å². The molecule has 0 bridgehead atoms. The molecular weight excluding hydrogens is 240 g/mol. The Labute approximate surface area is 114 Å². The lowest BCUT2D eigenvalue weighted by Gasteiger charge is -2.29. The summed E-state index contributed by atoms with van der Waals surface area (Å²) < 4.78 is 5.95. The molecule has 1 saturated carbocycles. The molecule has 0 unspecified atom stereocenters. The van der Waals surface area contributed by atoms with Crippen molar-refractivity contribution in [1.29, 1.82) is 0 Å². The van der Waals surface area contributed by atoms with Gasteiger partial charge in [-0.05, 0) is 43.7 Å². The summed E-state index contributed by atoms with van der Waals surface area (Å²) >= 11 is 0. The molecule has 0 saturated heterocycles. The lowest BCUT2D eigenvalue weighted by molar-refractivity contribution is 0.0982. The number of amides is 1. The molecule has 1 aliphatic rings. The summed E-state index contributed by atoms with van der Waals surface area (Å²) in [5.41, 5.74) is 12.1. The van der Waals surface area contributed by atoms with Crippen LogP contribution < -0.4 is 16.2 Å². The topological polar surface area (TPSA) is 78.3 Å². The summed E-state index contributed by atoms with van der Waals surface area (Å²) in [7, 11) is 0. The van der Waals surface area contributed by atoms with Crippen LogP contribution in [0.15, 0.2) is 18.2 Å². The molecule has 1 aromatic carbocycles. The summed E-state index contributed by atoms with van der Waals surface area (Å²) in [6.07, 6.45) is 5.77. The van der Waals surface area contributed by atoms with E-state index in [-0.39, 0.29) is 6.10 Å². The molecule has 1 aromatic rings. The van der Waals surface area contributed by atoms with Crippen molar-refractivity contribution in [2.24, 2.45) is 11.7 Å². The second-order valence-corrected chi connectivity index (χ2v) is 5.26. The van der Waals surface area contributed by atoms with Gasteiger partial charge >= 0.3 is 0 Å². The molecule has 1 fully saturated rings. The highest BCUT2D eigenvalue weighted by Gasteiger charge is 2.23. The van der Waals surface area contributed by atoms with Crippen LogP contribution in [-0.2, 0) is 0 Å². The maximum Gasteiger partial charge on any atom is 0.252 e. The Morgan fingerprint density at radius 3 is 2.58 bits per heavy atom. The normalized spacial score (nSPS) is 23.0. The summed E-state index contributed by atoms with van der Waals surface area (Å²) in [5.74, 6) is 0.767. The molecule has 0 radical (unpaired) electrons. The number of benzene rings is 1. The molecule has 0 atom stereocenters. The number of rotatable bonds is 4. The van der Waals surface area contributed by atoms with E-state index in [0.717, 1.165) is 18.8 Å². The predicted molar refractivity (Wildman–Crippen MR) is 76.0 cm³/mol. The van der Waals surface area contributed by atoms with Crippen LogP contribution in [-0.4, -0.2) is 12.0 Å². The number of nitrogens with two attached hydrogens (primary N) is 2. The zero-order valence-corrected chi connectivity index (χ0v) is 11.4. The Balaban J connectivity index is 2.09. The van der Waals surface area contributed by atoms with Crippen LogP contribution in [0.3, 0.4) is 0 Å². The van der Waals surface area contributed by atoms with E-state index < -0.39 is 5.91 Å². The standard InChI is InChI=1S/C15H22N2O2/c1-2-10-6-8-11(9-7-10)19-14-12(15(17)18)4-3-5-13(14)16/h3-5,10-11H,2,6-9,16H2,1H3,(H2,17,18). The highest BCUT2D eigenvalue weighted by atomic mass is 16.5. The number of anilines is 1. The van der Waals surface area contributed by atoms with E-state index in [9.17, 15) is 4.79 Å². The van der Waals surface area contributed by atoms with E-state index in [1.165, 1.54) is 19.3 Å². The van der Waals surface area contributed by atoms with Gasteiger partial charge in [0.25, 0.3) is 5.91 Å². The lowest BCUT2D eigenvalue weighted by Crippen LogP contribution is -2.25. The second kappa shape index (κ2) is 5.95. The first kappa shape index (κ1) is 13.7. The molecule has 104 valence electrons. The Morgan fingerprint density at radius 2 is 2.00 bits per heavy atom. The molecule has 4 nitrogen and oxygen atoms in total. The Kier molecular flexibility index (Phi) is 4.30. The molecule has 4 N–H and O–H groups in total. The number of ether oxygens (including phenoxy) is 1. The van der Waals surface area contributed by atoms with Crippen LogP contribution in [0.25, 0.3) is 0 Å². The van der Waals surface area contributed by atoms with Gasteiger partial charge in [-0.3, -0.25) is 4.79 Å². The monoisotopic (exact) mass is 262 g/mol. The van der Waals surface area contributed by atoms with Gasteiger partial charge in [-0.25, -0.2) is 0 Å². The van der Waals surface area contributed by atoms with Gasteiger partial charge in [0.05, 0.1) is 17.4 Å². The van der Waals surface area contributed by atoms with Crippen molar-refractivity contribution in [3.63, 3.8) is 0 Å². The zero-order valence-electron chi connectivity index (χ0n) is 11.4. The van der Waals surface area contributed by atoms with Crippen LogP contribution in [0.5, 0.6) is 5.75 Å². The minimum Gasteiger partial charge on any atom is -0.487 e. The fraction of sp³-hybridized carbons (Fsp3) is 0.533. The molecular formula is C15H22N2O2. The van der Waals surface area contributed by atoms with Crippen molar-refractivity contribution < 1.29 is 9.53 Å². The highest BCUT2D eigenvalue weighted by Crippen LogP contribution is 2.33. The molecule has 19 heavy (non-hydrogen) atoms. The van der Waals surface area contributed by atoms with Gasteiger partial charge in [-0.1, -0.05) is 19.4 Å². The van der Waals surface area contributed by atoms with Crippen LogP contribution >= 0.6 is 0 Å². The largest absolute Gasteiger partial charge is 0.487 e. The van der Waals surface area contributed by atoms with E-state index in [4.69, 9.17) is 16.2 Å². The Hall–Kier alpha value is -1.71. The molecule has 0 spiro atoms. The first-order chi connectivity index (χ1) is 9.11. The van der Waals surface area contributed by atoms with E-state index in [2.05, 4.69) is 6.92 Å². The van der Waals surface area contributed by atoms with Gasteiger partial charge in [-0.2, -0.15) is 0 Å². The summed E-state index contributed by atoms with van der Waals surface area (Å²) in [6, 6.07) is 5.11. The number of carbonyl (C=O) groups excluding carboxylic acids is 1. The summed E-state index contributed by atoms with van der Waals surface area (Å²) in [5, 5.41) is 0. The minimum absolute atomic E-state index is 0.144. The number of primary amides is 1. The number of hydrogen-bond acceptors (Lipinski definition) is 3. The third-order valence-corrected chi connectivity index (χ3v) is 3.97. The van der Waals surface area contributed by atoms with Crippen molar-refractivity contribution >= 4 is 11.6 Å². The third kappa shape index (κ3) is 3.19. The predicted octanol–water partition coefficient (Wildman–Crippen LogP) is 2.72. The van der Waals surface area contributed by atoms with Crippen LogP contribution in [0, 0.1) is 5.92 Å². The number of hydrogen-bond donors (Lipinski definition) is 2. The van der Waals surface area contributed by atoms with E-state index in [1.54, 1.807) is 18.2 Å². The number of para-hydroxylation sites is 1. The molecule has 1 amide bonds. The van der Waals surface area contributed by atoms with Crippen LogP contribution in [0.4, 0.5) is 5.69 Å². The van der Waals surface area contributed by atoms with E-state index >= 15 is 0 Å². The Morgan fingerprint density at radius 1 is 1.32 bits per heavy atom. The van der Waals surface area contributed by atoms with Gasteiger partial charge in [-0.15, -0.1) is 0 Å². The maximum atomic E-state index is 11.4. The molecule has 4 heteroatoms.